The van der Waals surface area contributed by atoms with Gasteiger partial charge in [0.25, 0.3) is 0 Å². The fourth-order valence-corrected chi connectivity index (χ4v) is 2.27. The van der Waals surface area contributed by atoms with Gasteiger partial charge in [0, 0.05) is 25.2 Å². The Morgan fingerprint density at radius 1 is 1.18 bits per heavy atom. The van der Waals surface area contributed by atoms with Gasteiger partial charge >= 0.3 is 0 Å². The molecule has 2 rings (SSSR count). The van der Waals surface area contributed by atoms with Crippen LogP contribution in [0.3, 0.4) is 0 Å². The molecule has 2 N–H and O–H groups in total. The Labute approximate surface area is 104 Å². The zero-order chi connectivity index (χ0) is 12.1. The largest absolute Gasteiger partial charge is 0.494 e. The first kappa shape index (κ1) is 12.4. The van der Waals surface area contributed by atoms with Gasteiger partial charge < -0.3 is 15.4 Å². The highest BCUT2D eigenvalue weighted by Crippen LogP contribution is 2.14. The standard InChI is InChI=1S/C14H22N2O/c1-3-17-13-6-4-12(5-7-13)10-14-11(2)15-8-9-16-14/h4-7,11,14-16H,3,8-10H2,1-2H3. The third kappa shape index (κ3) is 3.45. The highest BCUT2D eigenvalue weighted by atomic mass is 16.5. The van der Waals surface area contributed by atoms with Gasteiger partial charge in [-0.15, -0.1) is 0 Å². The molecule has 0 aliphatic carbocycles. The van der Waals surface area contributed by atoms with Crippen molar-refractivity contribution in [1.29, 1.82) is 0 Å². The van der Waals surface area contributed by atoms with E-state index in [0.29, 0.717) is 12.1 Å². The second-order valence-corrected chi connectivity index (χ2v) is 4.58. The van der Waals surface area contributed by atoms with Crippen molar-refractivity contribution in [3.8, 4) is 5.75 Å². The summed E-state index contributed by atoms with van der Waals surface area (Å²) in [5, 5.41) is 7.06. The quantitative estimate of drug-likeness (QED) is 0.830. The molecule has 0 amide bonds. The molecule has 0 saturated carbocycles. The Morgan fingerprint density at radius 2 is 1.88 bits per heavy atom. The summed E-state index contributed by atoms with van der Waals surface area (Å²) < 4.78 is 5.44. The molecular weight excluding hydrogens is 212 g/mol. The van der Waals surface area contributed by atoms with Crippen LogP contribution >= 0.6 is 0 Å². The van der Waals surface area contributed by atoms with Gasteiger partial charge in [-0.25, -0.2) is 0 Å². The molecule has 1 aromatic rings. The molecule has 0 radical (unpaired) electrons. The second kappa shape index (κ2) is 6.03. The summed E-state index contributed by atoms with van der Waals surface area (Å²) in [5.41, 5.74) is 1.36. The summed E-state index contributed by atoms with van der Waals surface area (Å²) in [6.45, 7) is 7.11. The number of nitrogens with one attached hydrogen (secondary N) is 2. The van der Waals surface area contributed by atoms with Crippen LogP contribution in [0.5, 0.6) is 5.75 Å². The van der Waals surface area contributed by atoms with E-state index in [1.165, 1.54) is 5.56 Å². The minimum atomic E-state index is 0.529. The number of rotatable bonds is 4. The van der Waals surface area contributed by atoms with Gasteiger partial charge in [-0.05, 0) is 38.0 Å². The zero-order valence-corrected chi connectivity index (χ0v) is 10.7. The summed E-state index contributed by atoms with van der Waals surface area (Å²) in [7, 11) is 0. The van der Waals surface area contributed by atoms with Crippen LogP contribution in [0, 0.1) is 0 Å². The number of hydrogen-bond acceptors (Lipinski definition) is 3. The van der Waals surface area contributed by atoms with Crippen molar-refractivity contribution >= 4 is 0 Å². The maximum absolute atomic E-state index is 5.44. The van der Waals surface area contributed by atoms with Gasteiger partial charge in [0.05, 0.1) is 6.61 Å². The molecule has 2 unspecified atom stereocenters. The van der Waals surface area contributed by atoms with Crippen LogP contribution < -0.4 is 15.4 Å². The van der Waals surface area contributed by atoms with Crippen molar-refractivity contribution in [2.24, 2.45) is 0 Å². The molecule has 1 aliphatic rings. The Bertz CT molecular complexity index is 337. The molecule has 17 heavy (non-hydrogen) atoms. The van der Waals surface area contributed by atoms with Crippen molar-refractivity contribution in [1.82, 2.24) is 10.6 Å². The predicted molar refractivity (Wildman–Crippen MR) is 70.6 cm³/mol. The topological polar surface area (TPSA) is 33.3 Å². The van der Waals surface area contributed by atoms with Crippen molar-refractivity contribution in [3.63, 3.8) is 0 Å². The lowest BCUT2D eigenvalue weighted by Crippen LogP contribution is -2.55. The van der Waals surface area contributed by atoms with Crippen LogP contribution in [-0.4, -0.2) is 31.8 Å². The van der Waals surface area contributed by atoms with Gasteiger partial charge in [0.15, 0.2) is 0 Å². The van der Waals surface area contributed by atoms with Crippen molar-refractivity contribution in [2.75, 3.05) is 19.7 Å². The minimum absolute atomic E-state index is 0.529. The second-order valence-electron chi connectivity index (χ2n) is 4.58. The number of piperazine rings is 1. The third-order valence-electron chi connectivity index (χ3n) is 3.29. The highest BCUT2D eigenvalue weighted by Gasteiger charge is 2.19. The fourth-order valence-electron chi connectivity index (χ4n) is 2.27. The molecule has 0 aromatic heterocycles. The molecule has 0 bridgehead atoms. The van der Waals surface area contributed by atoms with Crippen LogP contribution in [0.4, 0.5) is 0 Å². The Kier molecular flexibility index (Phi) is 4.40. The summed E-state index contributed by atoms with van der Waals surface area (Å²) >= 11 is 0. The monoisotopic (exact) mass is 234 g/mol. The maximum Gasteiger partial charge on any atom is 0.119 e. The fraction of sp³-hybridized carbons (Fsp3) is 0.571. The highest BCUT2D eigenvalue weighted by molar-refractivity contribution is 5.28. The van der Waals surface area contributed by atoms with E-state index in [4.69, 9.17) is 4.74 Å². The third-order valence-corrected chi connectivity index (χ3v) is 3.29. The molecule has 2 atom stereocenters. The molecule has 1 aromatic carbocycles. The first-order valence-corrected chi connectivity index (χ1v) is 6.48. The lowest BCUT2D eigenvalue weighted by molar-refractivity contribution is 0.334. The first-order valence-electron chi connectivity index (χ1n) is 6.48. The SMILES string of the molecule is CCOc1ccc(CC2NCCNC2C)cc1. The van der Waals surface area contributed by atoms with E-state index in [2.05, 4.69) is 41.8 Å². The molecule has 3 heteroatoms. The van der Waals surface area contributed by atoms with Crippen LogP contribution in [0.1, 0.15) is 19.4 Å². The van der Waals surface area contributed by atoms with Gasteiger partial charge in [-0.1, -0.05) is 12.1 Å². The van der Waals surface area contributed by atoms with Crippen LogP contribution in [0.2, 0.25) is 0 Å². The lowest BCUT2D eigenvalue weighted by atomic mass is 9.99. The number of ether oxygens (including phenoxy) is 1. The molecule has 1 fully saturated rings. The Balaban J connectivity index is 1.93. The number of benzene rings is 1. The van der Waals surface area contributed by atoms with Crippen LogP contribution in [-0.2, 0) is 6.42 Å². The van der Waals surface area contributed by atoms with Gasteiger partial charge in [-0.2, -0.15) is 0 Å². The van der Waals surface area contributed by atoms with Crippen molar-refractivity contribution in [3.05, 3.63) is 29.8 Å². The van der Waals surface area contributed by atoms with Crippen molar-refractivity contribution in [2.45, 2.75) is 32.4 Å². The summed E-state index contributed by atoms with van der Waals surface area (Å²) in [6, 6.07) is 9.50. The summed E-state index contributed by atoms with van der Waals surface area (Å²) in [6.07, 6.45) is 1.07. The molecular formula is C14H22N2O. The van der Waals surface area contributed by atoms with E-state index in [9.17, 15) is 0 Å². The molecule has 0 spiro atoms. The number of hydrogen-bond donors (Lipinski definition) is 2. The Morgan fingerprint density at radius 3 is 2.53 bits per heavy atom. The molecule has 94 valence electrons. The van der Waals surface area contributed by atoms with Crippen molar-refractivity contribution < 1.29 is 4.74 Å². The van der Waals surface area contributed by atoms with Crippen LogP contribution in [0.15, 0.2) is 24.3 Å². The van der Waals surface area contributed by atoms with E-state index >= 15 is 0 Å². The first-order chi connectivity index (χ1) is 8.29. The normalized spacial score (nSPS) is 24.6. The lowest BCUT2D eigenvalue weighted by Gasteiger charge is -2.31. The molecule has 1 heterocycles. The minimum Gasteiger partial charge on any atom is -0.494 e. The summed E-state index contributed by atoms with van der Waals surface area (Å²) in [4.78, 5) is 0. The molecule has 1 aliphatic heterocycles. The molecule has 1 saturated heterocycles. The average molecular weight is 234 g/mol. The van der Waals surface area contributed by atoms with E-state index in [1.54, 1.807) is 0 Å². The van der Waals surface area contributed by atoms with Gasteiger partial charge in [-0.3, -0.25) is 0 Å². The maximum atomic E-state index is 5.44. The van der Waals surface area contributed by atoms with E-state index in [0.717, 1.165) is 31.9 Å². The Hall–Kier alpha value is -1.06. The predicted octanol–water partition coefficient (Wildman–Crippen LogP) is 1.58. The van der Waals surface area contributed by atoms with E-state index in [-0.39, 0.29) is 0 Å². The van der Waals surface area contributed by atoms with E-state index < -0.39 is 0 Å². The summed E-state index contributed by atoms with van der Waals surface area (Å²) in [5.74, 6) is 0.957. The van der Waals surface area contributed by atoms with Gasteiger partial charge in [0.2, 0.25) is 0 Å². The average Bonchev–Trinajstić information content (AvgIpc) is 2.35. The van der Waals surface area contributed by atoms with E-state index in [1.807, 2.05) is 6.92 Å². The molecule has 3 nitrogen and oxygen atoms in total. The van der Waals surface area contributed by atoms with Gasteiger partial charge in [0.1, 0.15) is 5.75 Å². The van der Waals surface area contributed by atoms with Crippen LogP contribution in [0.25, 0.3) is 0 Å². The smallest absolute Gasteiger partial charge is 0.119 e. The zero-order valence-electron chi connectivity index (χ0n) is 10.7.